The predicted molar refractivity (Wildman–Crippen MR) is 77.5 cm³/mol. The molecule has 0 atom stereocenters. The SMILES string of the molecule is CC(=O)c1ccccc1NC(=O)c1ccccc1[N+](=O)[O-]. The Morgan fingerprint density at radius 3 is 2.19 bits per heavy atom. The number of hydrogen-bond acceptors (Lipinski definition) is 4. The van der Waals surface area contributed by atoms with Gasteiger partial charge >= 0.3 is 0 Å². The first-order chi connectivity index (χ1) is 10.0. The molecule has 2 aromatic carbocycles. The zero-order chi connectivity index (χ0) is 15.4. The van der Waals surface area contributed by atoms with Gasteiger partial charge in [-0.3, -0.25) is 19.7 Å². The Labute approximate surface area is 120 Å². The van der Waals surface area contributed by atoms with Crippen LogP contribution in [0, 0.1) is 10.1 Å². The van der Waals surface area contributed by atoms with Crippen LogP contribution in [-0.2, 0) is 0 Å². The van der Waals surface area contributed by atoms with E-state index < -0.39 is 10.8 Å². The molecule has 0 heterocycles. The highest BCUT2D eigenvalue weighted by Crippen LogP contribution is 2.21. The lowest BCUT2D eigenvalue weighted by Crippen LogP contribution is -2.15. The van der Waals surface area contributed by atoms with Gasteiger partial charge in [0.15, 0.2) is 5.78 Å². The van der Waals surface area contributed by atoms with E-state index >= 15 is 0 Å². The van der Waals surface area contributed by atoms with Crippen molar-refractivity contribution in [1.82, 2.24) is 0 Å². The molecule has 0 unspecified atom stereocenters. The average molecular weight is 284 g/mol. The van der Waals surface area contributed by atoms with Gasteiger partial charge < -0.3 is 5.32 Å². The van der Waals surface area contributed by atoms with Crippen molar-refractivity contribution in [1.29, 1.82) is 0 Å². The van der Waals surface area contributed by atoms with Crippen LogP contribution in [0.4, 0.5) is 11.4 Å². The highest BCUT2D eigenvalue weighted by Gasteiger charge is 2.20. The number of para-hydroxylation sites is 2. The first kappa shape index (κ1) is 14.4. The van der Waals surface area contributed by atoms with Gasteiger partial charge in [0.05, 0.1) is 10.6 Å². The summed E-state index contributed by atoms with van der Waals surface area (Å²) in [6.07, 6.45) is 0. The number of hydrogen-bond donors (Lipinski definition) is 1. The third kappa shape index (κ3) is 3.11. The van der Waals surface area contributed by atoms with Crippen molar-refractivity contribution in [3.63, 3.8) is 0 Å². The van der Waals surface area contributed by atoms with Crippen molar-refractivity contribution < 1.29 is 14.5 Å². The molecule has 0 saturated carbocycles. The highest BCUT2D eigenvalue weighted by molar-refractivity contribution is 6.10. The number of nitro groups is 1. The molecule has 1 N–H and O–H groups in total. The molecular weight excluding hydrogens is 272 g/mol. The third-order valence-electron chi connectivity index (χ3n) is 2.90. The van der Waals surface area contributed by atoms with Gasteiger partial charge in [-0.1, -0.05) is 24.3 Å². The van der Waals surface area contributed by atoms with Crippen molar-refractivity contribution in [3.05, 3.63) is 69.8 Å². The molecule has 6 nitrogen and oxygen atoms in total. The molecule has 21 heavy (non-hydrogen) atoms. The Balaban J connectivity index is 2.36. The van der Waals surface area contributed by atoms with Crippen LogP contribution in [0.1, 0.15) is 27.6 Å². The summed E-state index contributed by atoms with van der Waals surface area (Å²) >= 11 is 0. The van der Waals surface area contributed by atoms with E-state index in [0.717, 1.165) is 0 Å². The lowest BCUT2D eigenvalue weighted by atomic mass is 10.1. The Morgan fingerprint density at radius 1 is 1.00 bits per heavy atom. The van der Waals surface area contributed by atoms with E-state index in [4.69, 9.17) is 0 Å². The maximum absolute atomic E-state index is 12.2. The fourth-order valence-electron chi connectivity index (χ4n) is 1.91. The van der Waals surface area contributed by atoms with E-state index in [1.807, 2.05) is 0 Å². The molecule has 0 aliphatic heterocycles. The molecule has 2 aromatic rings. The highest BCUT2D eigenvalue weighted by atomic mass is 16.6. The van der Waals surface area contributed by atoms with Crippen LogP contribution in [0.5, 0.6) is 0 Å². The van der Waals surface area contributed by atoms with Crippen molar-refractivity contribution in [2.75, 3.05) is 5.32 Å². The number of Topliss-reactive ketones (excluding diaryl/α,β-unsaturated/α-hetero) is 1. The average Bonchev–Trinajstić information content (AvgIpc) is 2.47. The van der Waals surface area contributed by atoms with Crippen LogP contribution in [0.3, 0.4) is 0 Å². The fourth-order valence-corrected chi connectivity index (χ4v) is 1.91. The Morgan fingerprint density at radius 2 is 1.57 bits per heavy atom. The summed E-state index contributed by atoms with van der Waals surface area (Å²) in [6.45, 7) is 1.38. The molecule has 2 rings (SSSR count). The summed E-state index contributed by atoms with van der Waals surface area (Å²) in [4.78, 5) is 34.0. The Bertz CT molecular complexity index is 725. The van der Waals surface area contributed by atoms with Gasteiger partial charge in [-0.25, -0.2) is 0 Å². The molecule has 0 saturated heterocycles. The predicted octanol–water partition coefficient (Wildman–Crippen LogP) is 3.05. The quantitative estimate of drug-likeness (QED) is 0.531. The van der Waals surface area contributed by atoms with Crippen molar-refractivity contribution in [3.8, 4) is 0 Å². The van der Waals surface area contributed by atoms with Gasteiger partial charge in [0, 0.05) is 11.6 Å². The molecular formula is C15H12N2O4. The van der Waals surface area contributed by atoms with Crippen molar-refractivity contribution >= 4 is 23.1 Å². The summed E-state index contributed by atoms with van der Waals surface area (Å²) in [5.41, 5.74) is 0.341. The topological polar surface area (TPSA) is 89.3 Å². The third-order valence-corrected chi connectivity index (χ3v) is 2.90. The van der Waals surface area contributed by atoms with Gasteiger partial charge in [-0.2, -0.15) is 0 Å². The smallest absolute Gasteiger partial charge is 0.282 e. The second-order valence-electron chi connectivity index (χ2n) is 4.33. The molecule has 0 spiro atoms. The lowest BCUT2D eigenvalue weighted by Gasteiger charge is -2.09. The standard InChI is InChI=1S/C15H12N2O4/c1-10(18)11-6-2-4-8-13(11)16-15(19)12-7-3-5-9-14(12)17(20)21/h2-9H,1H3,(H,16,19). The number of carbonyl (C=O) groups excluding carboxylic acids is 2. The van der Waals surface area contributed by atoms with E-state index in [9.17, 15) is 19.7 Å². The molecule has 0 radical (unpaired) electrons. The summed E-state index contributed by atoms with van der Waals surface area (Å²) in [7, 11) is 0. The van der Waals surface area contributed by atoms with E-state index in [1.54, 1.807) is 30.3 Å². The minimum Gasteiger partial charge on any atom is -0.321 e. The summed E-state index contributed by atoms with van der Waals surface area (Å²) in [6, 6.07) is 12.1. The zero-order valence-electron chi connectivity index (χ0n) is 11.2. The molecule has 106 valence electrons. The Kier molecular flexibility index (Phi) is 4.08. The number of nitro benzene ring substituents is 1. The normalized spacial score (nSPS) is 9.95. The number of benzene rings is 2. The van der Waals surface area contributed by atoms with Gasteiger partial charge in [-0.15, -0.1) is 0 Å². The van der Waals surface area contributed by atoms with Crippen LogP contribution in [0.2, 0.25) is 0 Å². The molecule has 0 aliphatic rings. The molecule has 0 fully saturated rings. The number of carbonyl (C=O) groups is 2. The molecule has 6 heteroatoms. The van der Waals surface area contributed by atoms with E-state index in [2.05, 4.69) is 5.32 Å². The van der Waals surface area contributed by atoms with Crippen LogP contribution in [-0.4, -0.2) is 16.6 Å². The number of nitrogens with one attached hydrogen (secondary N) is 1. The van der Waals surface area contributed by atoms with Crippen LogP contribution in [0.25, 0.3) is 0 Å². The maximum Gasteiger partial charge on any atom is 0.282 e. The Hall–Kier alpha value is -3.02. The number of amides is 1. The molecule has 0 aromatic heterocycles. The van der Waals surface area contributed by atoms with Gasteiger partial charge in [0.25, 0.3) is 11.6 Å². The largest absolute Gasteiger partial charge is 0.321 e. The van der Waals surface area contributed by atoms with E-state index in [-0.39, 0.29) is 17.0 Å². The van der Waals surface area contributed by atoms with Crippen molar-refractivity contribution in [2.45, 2.75) is 6.92 Å². The van der Waals surface area contributed by atoms with Gasteiger partial charge in [-0.05, 0) is 25.1 Å². The molecule has 1 amide bonds. The van der Waals surface area contributed by atoms with E-state index in [0.29, 0.717) is 11.3 Å². The number of rotatable bonds is 4. The minimum absolute atomic E-state index is 0.0548. The first-order valence-electron chi connectivity index (χ1n) is 6.15. The zero-order valence-corrected chi connectivity index (χ0v) is 11.2. The second kappa shape index (κ2) is 5.96. The lowest BCUT2D eigenvalue weighted by molar-refractivity contribution is -0.385. The fraction of sp³-hybridized carbons (Fsp3) is 0.0667. The number of anilines is 1. The van der Waals surface area contributed by atoms with Crippen LogP contribution >= 0.6 is 0 Å². The van der Waals surface area contributed by atoms with Gasteiger partial charge in [0.1, 0.15) is 5.56 Å². The van der Waals surface area contributed by atoms with Crippen LogP contribution < -0.4 is 5.32 Å². The first-order valence-corrected chi connectivity index (χ1v) is 6.15. The van der Waals surface area contributed by atoms with Crippen molar-refractivity contribution in [2.24, 2.45) is 0 Å². The maximum atomic E-state index is 12.2. The summed E-state index contributed by atoms with van der Waals surface area (Å²) in [5, 5.41) is 13.5. The van der Waals surface area contributed by atoms with Gasteiger partial charge in [0.2, 0.25) is 0 Å². The second-order valence-corrected chi connectivity index (χ2v) is 4.33. The van der Waals surface area contributed by atoms with Crippen LogP contribution in [0.15, 0.2) is 48.5 Å². The summed E-state index contributed by atoms with van der Waals surface area (Å²) < 4.78 is 0. The number of ketones is 1. The minimum atomic E-state index is -0.629. The van der Waals surface area contributed by atoms with E-state index in [1.165, 1.54) is 25.1 Å². The number of nitrogens with zero attached hydrogens (tertiary/aromatic N) is 1. The molecule has 0 aliphatic carbocycles. The molecule has 0 bridgehead atoms. The summed E-state index contributed by atoms with van der Waals surface area (Å²) in [5.74, 6) is -0.829. The monoisotopic (exact) mass is 284 g/mol.